The lowest BCUT2D eigenvalue weighted by Gasteiger charge is -2.09. The van der Waals surface area contributed by atoms with E-state index in [9.17, 15) is 10.1 Å². The van der Waals surface area contributed by atoms with E-state index in [1.165, 1.54) is 0 Å². The maximum Gasteiger partial charge on any atom is 0.329 e. The fourth-order valence-electron chi connectivity index (χ4n) is 1.90. The quantitative estimate of drug-likeness (QED) is 0.541. The van der Waals surface area contributed by atoms with Crippen molar-refractivity contribution >= 4 is 23.1 Å². The fraction of sp³-hybridized carbons (Fsp3) is 0. The molecule has 9 heteroatoms. The monoisotopic (exact) mass is 324 g/mol. The van der Waals surface area contributed by atoms with Gasteiger partial charge in [0, 0.05) is 24.1 Å². The van der Waals surface area contributed by atoms with E-state index < -0.39 is 4.92 Å². The first-order chi connectivity index (χ1) is 11.6. The van der Waals surface area contributed by atoms with E-state index in [4.69, 9.17) is 10.5 Å². The summed E-state index contributed by atoms with van der Waals surface area (Å²) in [5.74, 6) is 1.19. The number of nitrogens with zero attached hydrogens (tertiary/aromatic N) is 4. The van der Waals surface area contributed by atoms with E-state index in [1.54, 1.807) is 48.8 Å². The number of aromatic nitrogens is 3. The van der Waals surface area contributed by atoms with Gasteiger partial charge in [-0.15, -0.1) is 0 Å². The number of nitrogens with two attached hydrogens (primary N) is 1. The number of nitrogen functional groups attached to an aromatic ring is 1. The van der Waals surface area contributed by atoms with E-state index in [0.29, 0.717) is 17.2 Å². The molecule has 0 aliphatic heterocycles. The Morgan fingerprint density at radius 1 is 1.17 bits per heavy atom. The second kappa shape index (κ2) is 6.57. The smallest absolute Gasteiger partial charge is 0.329 e. The van der Waals surface area contributed by atoms with Crippen molar-refractivity contribution in [2.45, 2.75) is 0 Å². The van der Waals surface area contributed by atoms with Gasteiger partial charge in [-0.3, -0.25) is 15.1 Å². The fourth-order valence-corrected chi connectivity index (χ4v) is 1.90. The summed E-state index contributed by atoms with van der Waals surface area (Å²) >= 11 is 0. The molecule has 3 N–H and O–H groups in total. The van der Waals surface area contributed by atoms with Gasteiger partial charge < -0.3 is 15.8 Å². The zero-order chi connectivity index (χ0) is 16.9. The minimum atomic E-state index is -0.637. The van der Waals surface area contributed by atoms with Crippen LogP contribution in [-0.2, 0) is 0 Å². The third-order valence-electron chi connectivity index (χ3n) is 2.97. The largest absolute Gasteiger partial charge is 0.457 e. The van der Waals surface area contributed by atoms with Gasteiger partial charge in [0.25, 0.3) is 0 Å². The Morgan fingerprint density at radius 2 is 1.96 bits per heavy atom. The summed E-state index contributed by atoms with van der Waals surface area (Å²) in [6, 6.07) is 10.6. The van der Waals surface area contributed by atoms with Crippen LogP contribution in [0, 0.1) is 10.1 Å². The molecule has 0 amide bonds. The van der Waals surface area contributed by atoms with Crippen LogP contribution in [0.4, 0.5) is 23.1 Å². The van der Waals surface area contributed by atoms with Crippen LogP contribution < -0.4 is 15.8 Å². The van der Waals surface area contributed by atoms with E-state index in [-0.39, 0.29) is 17.5 Å². The Morgan fingerprint density at radius 3 is 2.67 bits per heavy atom. The Labute approximate surface area is 136 Å². The third kappa shape index (κ3) is 3.53. The van der Waals surface area contributed by atoms with E-state index in [2.05, 4.69) is 20.3 Å². The summed E-state index contributed by atoms with van der Waals surface area (Å²) in [4.78, 5) is 21.7. The lowest BCUT2D eigenvalue weighted by molar-refractivity contribution is -0.384. The van der Waals surface area contributed by atoms with Gasteiger partial charge in [-0.05, 0) is 24.3 Å². The summed E-state index contributed by atoms with van der Waals surface area (Å²) in [5, 5.41) is 13.6. The van der Waals surface area contributed by atoms with Gasteiger partial charge >= 0.3 is 5.69 Å². The molecule has 2 aromatic heterocycles. The summed E-state index contributed by atoms with van der Waals surface area (Å²) in [6.45, 7) is 0. The van der Waals surface area contributed by atoms with Crippen LogP contribution in [0.1, 0.15) is 0 Å². The highest BCUT2D eigenvalue weighted by Gasteiger charge is 2.14. The molecule has 0 unspecified atom stereocenters. The number of hydrogen-bond donors (Lipinski definition) is 2. The van der Waals surface area contributed by atoms with Crippen molar-refractivity contribution in [1.82, 2.24) is 15.0 Å². The number of anilines is 3. The Bertz CT molecular complexity index is 872. The predicted molar refractivity (Wildman–Crippen MR) is 87.1 cm³/mol. The molecule has 0 aliphatic rings. The SMILES string of the molecule is Nc1nc(Nc2cccc(Oc3ccncc3)c2)ncc1[N+](=O)[O-]. The highest BCUT2D eigenvalue weighted by molar-refractivity contribution is 5.60. The van der Waals surface area contributed by atoms with Crippen LogP contribution in [0.5, 0.6) is 11.5 Å². The Hall–Kier alpha value is -3.75. The molecule has 0 aliphatic carbocycles. The van der Waals surface area contributed by atoms with Crippen molar-refractivity contribution in [3.8, 4) is 11.5 Å². The van der Waals surface area contributed by atoms with Crippen molar-refractivity contribution in [3.63, 3.8) is 0 Å². The molecular weight excluding hydrogens is 312 g/mol. The number of hydrogen-bond acceptors (Lipinski definition) is 8. The number of nitrogens with one attached hydrogen (secondary N) is 1. The minimum absolute atomic E-state index is 0.152. The number of benzene rings is 1. The minimum Gasteiger partial charge on any atom is -0.457 e. The number of ether oxygens (including phenoxy) is 1. The third-order valence-corrected chi connectivity index (χ3v) is 2.97. The topological polar surface area (TPSA) is 129 Å². The predicted octanol–water partition coefficient (Wildman–Crippen LogP) is 2.90. The number of rotatable bonds is 5. The molecular formula is C15H12N6O3. The first-order valence-electron chi connectivity index (χ1n) is 6.84. The second-order valence-electron chi connectivity index (χ2n) is 4.66. The lowest BCUT2D eigenvalue weighted by Crippen LogP contribution is -2.03. The van der Waals surface area contributed by atoms with E-state index in [1.807, 2.05) is 0 Å². The first kappa shape index (κ1) is 15.2. The molecule has 3 aromatic rings. The van der Waals surface area contributed by atoms with Crippen molar-refractivity contribution in [1.29, 1.82) is 0 Å². The summed E-state index contributed by atoms with van der Waals surface area (Å²) < 4.78 is 5.70. The van der Waals surface area contributed by atoms with Crippen LogP contribution in [-0.4, -0.2) is 19.9 Å². The average molecular weight is 324 g/mol. The molecule has 24 heavy (non-hydrogen) atoms. The highest BCUT2D eigenvalue weighted by Crippen LogP contribution is 2.25. The lowest BCUT2D eigenvalue weighted by atomic mass is 10.3. The van der Waals surface area contributed by atoms with Crippen molar-refractivity contribution in [2.24, 2.45) is 0 Å². The van der Waals surface area contributed by atoms with Crippen LogP contribution in [0.15, 0.2) is 55.0 Å². The molecule has 120 valence electrons. The van der Waals surface area contributed by atoms with E-state index >= 15 is 0 Å². The summed E-state index contributed by atoms with van der Waals surface area (Å²) in [5.41, 5.74) is 5.85. The van der Waals surface area contributed by atoms with Gasteiger partial charge in [-0.25, -0.2) is 4.98 Å². The highest BCUT2D eigenvalue weighted by atomic mass is 16.6. The van der Waals surface area contributed by atoms with Crippen molar-refractivity contribution < 1.29 is 9.66 Å². The molecule has 0 spiro atoms. The molecule has 1 aromatic carbocycles. The Balaban J connectivity index is 1.77. The van der Waals surface area contributed by atoms with Crippen molar-refractivity contribution in [2.75, 3.05) is 11.1 Å². The molecule has 9 nitrogen and oxygen atoms in total. The second-order valence-corrected chi connectivity index (χ2v) is 4.66. The molecule has 0 bridgehead atoms. The maximum atomic E-state index is 10.7. The number of nitro groups is 1. The normalized spacial score (nSPS) is 10.2. The number of pyridine rings is 1. The van der Waals surface area contributed by atoms with Crippen LogP contribution in [0.25, 0.3) is 0 Å². The first-order valence-corrected chi connectivity index (χ1v) is 6.84. The molecule has 0 saturated carbocycles. The molecule has 3 rings (SSSR count). The van der Waals surface area contributed by atoms with E-state index in [0.717, 1.165) is 6.20 Å². The van der Waals surface area contributed by atoms with Crippen LogP contribution in [0.3, 0.4) is 0 Å². The molecule has 0 saturated heterocycles. The van der Waals surface area contributed by atoms with Gasteiger partial charge in [-0.2, -0.15) is 4.98 Å². The molecule has 0 radical (unpaired) electrons. The Kier molecular flexibility index (Phi) is 4.15. The zero-order valence-corrected chi connectivity index (χ0v) is 12.3. The standard InChI is InChI=1S/C15H12N6O3/c16-14-13(21(22)23)9-18-15(20-14)19-10-2-1-3-12(8-10)24-11-4-6-17-7-5-11/h1-9H,(H3,16,18,19,20). The van der Waals surface area contributed by atoms with Crippen LogP contribution in [0.2, 0.25) is 0 Å². The summed E-state index contributed by atoms with van der Waals surface area (Å²) in [6.07, 6.45) is 4.32. The summed E-state index contributed by atoms with van der Waals surface area (Å²) in [7, 11) is 0. The van der Waals surface area contributed by atoms with Gasteiger partial charge in [0.05, 0.1) is 4.92 Å². The molecule has 2 heterocycles. The van der Waals surface area contributed by atoms with Gasteiger partial charge in [-0.1, -0.05) is 6.07 Å². The zero-order valence-electron chi connectivity index (χ0n) is 12.3. The van der Waals surface area contributed by atoms with Gasteiger partial charge in [0.1, 0.15) is 17.7 Å². The van der Waals surface area contributed by atoms with Crippen molar-refractivity contribution in [3.05, 3.63) is 65.1 Å². The average Bonchev–Trinajstić information content (AvgIpc) is 2.56. The maximum absolute atomic E-state index is 10.7. The van der Waals surface area contributed by atoms with Gasteiger partial charge in [0.15, 0.2) is 0 Å². The molecule has 0 fully saturated rings. The van der Waals surface area contributed by atoms with Crippen LogP contribution >= 0.6 is 0 Å². The van der Waals surface area contributed by atoms with Gasteiger partial charge in [0.2, 0.25) is 11.8 Å². The molecule has 0 atom stereocenters.